The monoisotopic (exact) mass is 352 g/mol. The van der Waals surface area contributed by atoms with Crippen LogP contribution in [0.15, 0.2) is 25.7 Å². The van der Waals surface area contributed by atoms with Crippen LogP contribution in [-0.2, 0) is 12.0 Å². The molecule has 3 rings (SSSR count). The molecule has 0 aliphatic heterocycles. The van der Waals surface area contributed by atoms with Gasteiger partial charge in [0, 0.05) is 5.41 Å². The van der Waals surface area contributed by atoms with Gasteiger partial charge < -0.3 is 8.94 Å². The fourth-order valence-electron chi connectivity index (χ4n) is 1.59. The van der Waals surface area contributed by atoms with E-state index in [0.717, 1.165) is 0 Å². The molecule has 0 saturated heterocycles. The van der Waals surface area contributed by atoms with E-state index < -0.39 is 0 Å². The minimum Gasteiger partial charge on any atom is -0.446 e. The van der Waals surface area contributed by atoms with Gasteiger partial charge in [0.05, 0.1) is 0 Å². The Morgan fingerprint density at radius 2 is 2.10 bits per heavy atom. The van der Waals surface area contributed by atoms with E-state index in [0.29, 0.717) is 28.0 Å². The Morgan fingerprint density at radius 1 is 1.29 bits per heavy atom. The van der Waals surface area contributed by atoms with E-state index >= 15 is 0 Å². The molecule has 0 spiro atoms. The van der Waals surface area contributed by atoms with Crippen molar-refractivity contribution in [2.24, 2.45) is 0 Å². The van der Waals surface area contributed by atoms with Gasteiger partial charge >= 0.3 is 0 Å². The normalized spacial score (nSPS) is 12.0. The maximum Gasteiger partial charge on any atom is 0.250 e. The molecule has 3 heterocycles. The summed E-state index contributed by atoms with van der Waals surface area (Å²) in [6.45, 7) is 6.31. The summed E-state index contributed by atoms with van der Waals surface area (Å²) in [7, 11) is 0. The molecule has 0 aliphatic carbocycles. The quantitative estimate of drug-likeness (QED) is 0.713. The third-order valence-electron chi connectivity index (χ3n) is 2.66. The Labute approximate surface area is 128 Å². The lowest BCUT2D eigenvalue weighted by Crippen LogP contribution is -2.13. The number of furan rings is 1. The van der Waals surface area contributed by atoms with E-state index in [4.69, 9.17) is 8.94 Å². The highest BCUT2D eigenvalue weighted by Gasteiger charge is 2.21. The molecule has 0 atom stereocenters. The second kappa shape index (κ2) is 5.06. The van der Waals surface area contributed by atoms with Crippen LogP contribution in [-0.4, -0.2) is 30.3 Å². The first kappa shape index (κ1) is 13.9. The highest BCUT2D eigenvalue weighted by Crippen LogP contribution is 2.21. The van der Waals surface area contributed by atoms with Crippen molar-refractivity contribution >= 4 is 15.9 Å². The summed E-state index contributed by atoms with van der Waals surface area (Å²) < 4.78 is 11.2. The molecule has 3 aromatic rings. The maximum absolute atomic E-state index is 5.37. The fraction of sp³-hybridized carbons (Fsp3) is 0.417. The van der Waals surface area contributed by atoms with E-state index in [-0.39, 0.29) is 12.0 Å². The van der Waals surface area contributed by atoms with Gasteiger partial charge in [0.25, 0.3) is 0 Å². The molecule has 110 valence electrons. The first-order valence-corrected chi connectivity index (χ1v) is 7.08. The molecule has 0 fully saturated rings. The number of nitrogens with zero attached hydrogens (tertiary/aromatic N) is 6. The molecule has 3 aromatic heterocycles. The maximum atomic E-state index is 5.37. The Balaban J connectivity index is 1.77. The summed E-state index contributed by atoms with van der Waals surface area (Å²) in [5, 5.41) is 16.0. The summed E-state index contributed by atoms with van der Waals surface area (Å²) in [5.41, 5.74) is -0.164. The van der Waals surface area contributed by atoms with Crippen LogP contribution in [0.1, 0.15) is 32.5 Å². The Hall–Kier alpha value is -2.03. The van der Waals surface area contributed by atoms with Crippen molar-refractivity contribution < 1.29 is 8.94 Å². The van der Waals surface area contributed by atoms with Crippen LogP contribution in [0.25, 0.3) is 11.6 Å². The van der Waals surface area contributed by atoms with Gasteiger partial charge in [-0.1, -0.05) is 25.9 Å². The molecule has 8 nitrogen and oxygen atoms in total. The van der Waals surface area contributed by atoms with Crippen LogP contribution < -0.4 is 0 Å². The van der Waals surface area contributed by atoms with E-state index in [9.17, 15) is 0 Å². The Bertz CT molecular complexity index is 754. The standard InChI is InChI=1S/C12H13BrN6O2/c1-12(2,3)11-14-9(21-17-11)6-19-16-10(15-18-19)7-4-5-8(13)20-7/h4-5H,6H2,1-3H3. The predicted octanol–water partition coefficient (Wildman–Crippen LogP) is 2.42. The van der Waals surface area contributed by atoms with Gasteiger partial charge in [-0.15, -0.1) is 10.2 Å². The zero-order chi connectivity index (χ0) is 15.0. The molecule has 0 unspecified atom stereocenters. The molecule has 0 aromatic carbocycles. The van der Waals surface area contributed by atoms with Crippen molar-refractivity contribution in [2.45, 2.75) is 32.7 Å². The SMILES string of the molecule is CC(C)(C)c1noc(Cn2nnc(-c3ccc(Br)o3)n2)n1. The van der Waals surface area contributed by atoms with Gasteiger partial charge in [-0.2, -0.15) is 9.78 Å². The number of halogens is 1. The zero-order valence-electron chi connectivity index (χ0n) is 11.7. The molecule has 21 heavy (non-hydrogen) atoms. The molecular formula is C12H13BrN6O2. The zero-order valence-corrected chi connectivity index (χ0v) is 13.3. The number of tetrazole rings is 1. The Morgan fingerprint density at radius 3 is 2.71 bits per heavy atom. The third-order valence-corrected chi connectivity index (χ3v) is 3.09. The summed E-state index contributed by atoms with van der Waals surface area (Å²) in [4.78, 5) is 5.71. The topological polar surface area (TPSA) is 95.7 Å². The molecular weight excluding hydrogens is 340 g/mol. The van der Waals surface area contributed by atoms with Gasteiger partial charge in [0.2, 0.25) is 11.7 Å². The minimum absolute atomic E-state index is 0.164. The lowest BCUT2D eigenvalue weighted by molar-refractivity contribution is 0.345. The van der Waals surface area contributed by atoms with Crippen molar-refractivity contribution in [3.8, 4) is 11.6 Å². The van der Waals surface area contributed by atoms with Crippen LogP contribution in [0.4, 0.5) is 0 Å². The highest BCUT2D eigenvalue weighted by atomic mass is 79.9. The second-order valence-electron chi connectivity index (χ2n) is 5.51. The van der Waals surface area contributed by atoms with Crippen LogP contribution in [0, 0.1) is 0 Å². The number of aromatic nitrogens is 6. The highest BCUT2D eigenvalue weighted by molar-refractivity contribution is 9.10. The van der Waals surface area contributed by atoms with Gasteiger partial charge in [-0.3, -0.25) is 0 Å². The van der Waals surface area contributed by atoms with Crippen molar-refractivity contribution in [3.63, 3.8) is 0 Å². The second-order valence-corrected chi connectivity index (χ2v) is 6.29. The van der Waals surface area contributed by atoms with Crippen LogP contribution in [0.2, 0.25) is 0 Å². The molecule has 0 radical (unpaired) electrons. The average molecular weight is 353 g/mol. The van der Waals surface area contributed by atoms with Crippen molar-refractivity contribution in [1.29, 1.82) is 0 Å². The summed E-state index contributed by atoms with van der Waals surface area (Å²) in [5.74, 6) is 2.02. The van der Waals surface area contributed by atoms with Crippen molar-refractivity contribution in [2.75, 3.05) is 0 Å². The van der Waals surface area contributed by atoms with Gasteiger partial charge in [0.1, 0.15) is 6.54 Å². The van der Waals surface area contributed by atoms with E-state index in [2.05, 4.69) is 41.5 Å². The molecule has 9 heteroatoms. The minimum atomic E-state index is -0.164. The summed E-state index contributed by atoms with van der Waals surface area (Å²) in [6.07, 6.45) is 0. The predicted molar refractivity (Wildman–Crippen MR) is 75.3 cm³/mol. The number of rotatable bonds is 3. The third kappa shape index (κ3) is 3.02. The van der Waals surface area contributed by atoms with Crippen LogP contribution in [0.5, 0.6) is 0 Å². The van der Waals surface area contributed by atoms with Crippen molar-refractivity contribution in [1.82, 2.24) is 30.3 Å². The molecule has 0 aliphatic rings. The number of hydrogen-bond acceptors (Lipinski definition) is 7. The van der Waals surface area contributed by atoms with Crippen LogP contribution >= 0.6 is 15.9 Å². The van der Waals surface area contributed by atoms with Crippen molar-refractivity contribution in [3.05, 3.63) is 28.5 Å². The van der Waals surface area contributed by atoms with E-state index in [1.807, 2.05) is 20.8 Å². The largest absolute Gasteiger partial charge is 0.446 e. The first-order valence-electron chi connectivity index (χ1n) is 6.28. The van der Waals surface area contributed by atoms with E-state index in [1.165, 1.54) is 4.80 Å². The van der Waals surface area contributed by atoms with E-state index in [1.54, 1.807) is 12.1 Å². The summed E-state index contributed by atoms with van der Waals surface area (Å²) in [6, 6.07) is 3.53. The lowest BCUT2D eigenvalue weighted by atomic mass is 9.96. The summed E-state index contributed by atoms with van der Waals surface area (Å²) >= 11 is 3.23. The lowest BCUT2D eigenvalue weighted by Gasteiger charge is -2.10. The van der Waals surface area contributed by atoms with Crippen LogP contribution in [0.3, 0.4) is 0 Å². The van der Waals surface area contributed by atoms with Gasteiger partial charge in [-0.05, 0) is 33.3 Å². The molecule has 0 N–H and O–H groups in total. The first-order chi connectivity index (χ1) is 9.91. The molecule has 0 amide bonds. The average Bonchev–Trinajstić information content (AvgIpc) is 3.08. The molecule has 0 saturated carbocycles. The Kier molecular flexibility index (Phi) is 3.36. The number of hydrogen-bond donors (Lipinski definition) is 0. The smallest absolute Gasteiger partial charge is 0.250 e. The molecule has 0 bridgehead atoms. The van der Waals surface area contributed by atoms with Gasteiger partial charge in [0.15, 0.2) is 16.3 Å². The van der Waals surface area contributed by atoms with Gasteiger partial charge in [-0.25, -0.2) is 0 Å². The fourth-order valence-corrected chi connectivity index (χ4v) is 1.89.